The molecule has 2 bridgehead atoms. The number of anilines is 1. The Morgan fingerprint density at radius 1 is 1.29 bits per heavy atom. The molecule has 0 spiro atoms. The minimum absolute atomic E-state index is 0.212. The van der Waals surface area contributed by atoms with Crippen LogP contribution in [0.3, 0.4) is 0 Å². The summed E-state index contributed by atoms with van der Waals surface area (Å²) in [6.45, 7) is 9.66. The Labute approximate surface area is 168 Å². The van der Waals surface area contributed by atoms with Crippen molar-refractivity contribution in [2.75, 3.05) is 11.9 Å². The SMILES string of the molecule is Cc1cc(C)c2nc(NC(=O)CN3C(=O)C4CCC(C)(C3=O)C4(C)C)sc2c1. The van der Waals surface area contributed by atoms with Gasteiger partial charge in [0.25, 0.3) is 0 Å². The summed E-state index contributed by atoms with van der Waals surface area (Å²) in [4.78, 5) is 44.2. The van der Waals surface area contributed by atoms with Crippen LogP contribution >= 0.6 is 11.3 Å². The van der Waals surface area contributed by atoms with Gasteiger partial charge in [0, 0.05) is 5.92 Å². The number of hydrogen-bond donors (Lipinski definition) is 1. The lowest BCUT2D eigenvalue weighted by atomic mass is 9.62. The van der Waals surface area contributed by atoms with Gasteiger partial charge in [-0.25, -0.2) is 4.98 Å². The number of likely N-dealkylation sites (tertiary alicyclic amines) is 1. The highest BCUT2D eigenvalue weighted by Gasteiger charge is 2.64. The van der Waals surface area contributed by atoms with Gasteiger partial charge in [-0.15, -0.1) is 0 Å². The number of thiazole rings is 1. The number of amides is 3. The van der Waals surface area contributed by atoms with Crippen LogP contribution in [-0.4, -0.2) is 34.2 Å². The molecule has 1 saturated heterocycles. The molecule has 6 nitrogen and oxygen atoms in total. The third-order valence-corrected chi connectivity index (χ3v) is 7.80. The van der Waals surface area contributed by atoms with E-state index in [1.807, 2.05) is 40.7 Å². The fourth-order valence-electron chi connectivity index (χ4n) is 4.78. The Bertz CT molecular complexity index is 1030. The maximum Gasteiger partial charge on any atom is 0.246 e. The average Bonchev–Trinajstić information content (AvgIpc) is 3.07. The molecule has 28 heavy (non-hydrogen) atoms. The van der Waals surface area contributed by atoms with Crippen molar-refractivity contribution in [1.29, 1.82) is 0 Å². The minimum atomic E-state index is -0.601. The fraction of sp³-hybridized carbons (Fsp3) is 0.524. The molecule has 4 rings (SSSR count). The molecule has 2 fully saturated rings. The van der Waals surface area contributed by atoms with Crippen molar-refractivity contribution in [1.82, 2.24) is 9.88 Å². The number of nitrogens with one attached hydrogen (secondary N) is 1. The van der Waals surface area contributed by atoms with Crippen molar-refractivity contribution in [2.45, 2.75) is 47.5 Å². The third kappa shape index (κ3) is 2.59. The van der Waals surface area contributed by atoms with Crippen LogP contribution in [-0.2, 0) is 14.4 Å². The number of aromatic nitrogens is 1. The lowest BCUT2D eigenvalue weighted by Gasteiger charge is -2.47. The molecule has 1 aliphatic carbocycles. The fourth-order valence-corrected chi connectivity index (χ4v) is 5.84. The van der Waals surface area contributed by atoms with Gasteiger partial charge in [-0.2, -0.15) is 0 Å². The highest BCUT2D eigenvalue weighted by molar-refractivity contribution is 7.22. The molecular formula is C21H25N3O3S. The number of carbonyl (C=O) groups excluding carboxylic acids is 3. The first-order valence-corrected chi connectivity index (χ1v) is 10.4. The van der Waals surface area contributed by atoms with Crippen molar-refractivity contribution in [3.63, 3.8) is 0 Å². The maximum absolute atomic E-state index is 13.1. The number of benzene rings is 1. The van der Waals surface area contributed by atoms with Crippen LogP contribution in [0.1, 0.15) is 44.7 Å². The lowest BCUT2D eigenvalue weighted by molar-refractivity contribution is -0.168. The molecule has 1 N–H and O–H groups in total. The Kier molecular flexibility index (Phi) is 4.16. The predicted molar refractivity (Wildman–Crippen MR) is 109 cm³/mol. The second-order valence-corrected chi connectivity index (χ2v) is 9.90. The van der Waals surface area contributed by atoms with Crippen molar-refractivity contribution in [2.24, 2.45) is 16.7 Å². The zero-order valence-electron chi connectivity index (χ0n) is 16.9. The van der Waals surface area contributed by atoms with E-state index in [0.29, 0.717) is 18.0 Å². The Balaban J connectivity index is 1.54. The summed E-state index contributed by atoms with van der Waals surface area (Å²) in [7, 11) is 0. The van der Waals surface area contributed by atoms with Gasteiger partial charge in [-0.05, 0) is 49.3 Å². The van der Waals surface area contributed by atoms with Crippen LogP contribution < -0.4 is 5.32 Å². The molecule has 1 aliphatic heterocycles. The first kappa shape index (κ1) is 19.1. The standard InChI is InChI=1S/C21H25N3O3S/c1-11-8-12(2)16-14(9-11)28-19(23-16)22-15(25)10-24-17(26)13-6-7-21(5,18(24)27)20(13,3)4/h8-9,13H,6-7,10H2,1-5H3,(H,22,23,25). The van der Waals surface area contributed by atoms with E-state index in [1.54, 1.807) is 0 Å². The number of aryl methyl sites for hydroxylation is 2. The van der Waals surface area contributed by atoms with Gasteiger partial charge in [0.15, 0.2) is 5.13 Å². The summed E-state index contributed by atoms with van der Waals surface area (Å²) in [5.41, 5.74) is 2.08. The van der Waals surface area contributed by atoms with Gasteiger partial charge in [0.05, 0.1) is 15.6 Å². The molecule has 2 aromatic rings. The molecule has 1 aromatic heterocycles. The van der Waals surface area contributed by atoms with E-state index in [2.05, 4.69) is 16.4 Å². The summed E-state index contributed by atoms with van der Waals surface area (Å²) < 4.78 is 1.00. The van der Waals surface area contributed by atoms with E-state index in [0.717, 1.165) is 26.2 Å². The van der Waals surface area contributed by atoms with Crippen LogP contribution in [0.2, 0.25) is 0 Å². The molecule has 2 unspecified atom stereocenters. The molecule has 2 atom stereocenters. The van der Waals surface area contributed by atoms with Gasteiger partial charge in [0.2, 0.25) is 17.7 Å². The average molecular weight is 400 g/mol. The molecule has 7 heteroatoms. The molecule has 1 aromatic carbocycles. The van der Waals surface area contributed by atoms with Crippen LogP contribution in [0.4, 0.5) is 5.13 Å². The smallest absolute Gasteiger partial charge is 0.246 e. The zero-order valence-corrected chi connectivity index (χ0v) is 17.7. The second kappa shape index (κ2) is 6.11. The van der Waals surface area contributed by atoms with Gasteiger partial charge in [-0.1, -0.05) is 38.2 Å². The van der Waals surface area contributed by atoms with Gasteiger partial charge >= 0.3 is 0 Å². The van der Waals surface area contributed by atoms with Crippen molar-refractivity contribution < 1.29 is 14.4 Å². The number of carbonyl (C=O) groups is 3. The van der Waals surface area contributed by atoms with Crippen LogP contribution in [0, 0.1) is 30.6 Å². The topological polar surface area (TPSA) is 79.4 Å². The number of fused-ring (bicyclic) bond motifs is 3. The van der Waals surface area contributed by atoms with E-state index in [1.165, 1.54) is 11.3 Å². The Hall–Kier alpha value is -2.28. The number of hydrogen-bond acceptors (Lipinski definition) is 5. The number of rotatable bonds is 3. The monoisotopic (exact) mass is 399 g/mol. The normalized spacial score (nSPS) is 26.2. The molecule has 3 amide bonds. The molecule has 148 valence electrons. The highest BCUT2D eigenvalue weighted by Crippen LogP contribution is 2.59. The predicted octanol–water partition coefficient (Wildman–Crippen LogP) is 3.66. The van der Waals surface area contributed by atoms with Crippen molar-refractivity contribution >= 4 is 44.4 Å². The molecule has 2 heterocycles. The lowest BCUT2D eigenvalue weighted by Crippen LogP contribution is -2.60. The molecular weight excluding hydrogens is 374 g/mol. The van der Waals surface area contributed by atoms with Crippen LogP contribution in [0.5, 0.6) is 0 Å². The summed E-state index contributed by atoms with van der Waals surface area (Å²) >= 11 is 1.40. The summed E-state index contributed by atoms with van der Waals surface area (Å²) in [5, 5.41) is 3.26. The van der Waals surface area contributed by atoms with E-state index in [4.69, 9.17) is 0 Å². The summed E-state index contributed by atoms with van der Waals surface area (Å²) in [5.74, 6) is -1.06. The molecule has 2 aliphatic rings. The minimum Gasteiger partial charge on any atom is -0.300 e. The maximum atomic E-state index is 13.1. The van der Waals surface area contributed by atoms with Gasteiger partial charge < -0.3 is 5.32 Å². The van der Waals surface area contributed by atoms with E-state index in [9.17, 15) is 14.4 Å². The Morgan fingerprint density at radius 3 is 2.71 bits per heavy atom. The van der Waals surface area contributed by atoms with Gasteiger partial charge in [-0.3, -0.25) is 19.3 Å². The van der Waals surface area contributed by atoms with E-state index >= 15 is 0 Å². The first-order chi connectivity index (χ1) is 13.0. The Morgan fingerprint density at radius 2 is 2.00 bits per heavy atom. The van der Waals surface area contributed by atoms with Crippen LogP contribution in [0.15, 0.2) is 12.1 Å². The van der Waals surface area contributed by atoms with Crippen LogP contribution in [0.25, 0.3) is 10.2 Å². The zero-order chi connectivity index (χ0) is 20.4. The van der Waals surface area contributed by atoms with Crippen molar-refractivity contribution in [3.05, 3.63) is 23.3 Å². The number of nitrogens with zero attached hydrogens (tertiary/aromatic N) is 2. The molecule has 1 saturated carbocycles. The first-order valence-electron chi connectivity index (χ1n) is 9.58. The summed E-state index contributed by atoms with van der Waals surface area (Å²) in [6.07, 6.45) is 1.38. The second-order valence-electron chi connectivity index (χ2n) is 8.87. The number of piperidine rings is 1. The van der Waals surface area contributed by atoms with E-state index < -0.39 is 11.3 Å². The highest BCUT2D eigenvalue weighted by atomic mass is 32.1. The third-order valence-electron chi connectivity index (χ3n) is 6.89. The quantitative estimate of drug-likeness (QED) is 0.799. The largest absolute Gasteiger partial charge is 0.300 e. The van der Waals surface area contributed by atoms with Gasteiger partial charge in [0.1, 0.15) is 6.54 Å². The van der Waals surface area contributed by atoms with Crippen molar-refractivity contribution in [3.8, 4) is 0 Å². The molecule has 0 radical (unpaired) electrons. The van der Waals surface area contributed by atoms with E-state index in [-0.39, 0.29) is 29.7 Å². The summed E-state index contributed by atoms with van der Waals surface area (Å²) in [6, 6.07) is 4.09. The number of imide groups is 1.